The second-order valence-corrected chi connectivity index (χ2v) is 5.71. The van der Waals surface area contributed by atoms with E-state index in [0.29, 0.717) is 18.4 Å². The molecule has 0 aromatic heterocycles. The largest absolute Gasteiger partial charge is 0.294 e. The monoisotopic (exact) mass is 276 g/mol. The van der Waals surface area contributed by atoms with E-state index in [1.807, 2.05) is 0 Å². The molecule has 2 atom stereocenters. The molecular weight excluding hydrogens is 256 g/mol. The van der Waals surface area contributed by atoms with Gasteiger partial charge in [0, 0.05) is 31.5 Å². The van der Waals surface area contributed by atoms with Crippen molar-refractivity contribution in [2.24, 2.45) is 0 Å². The van der Waals surface area contributed by atoms with E-state index < -0.39 is 0 Å². The molecule has 0 bridgehead atoms. The Kier molecular flexibility index (Phi) is 4.03. The molecule has 0 saturated heterocycles. The van der Waals surface area contributed by atoms with Gasteiger partial charge in [-0.2, -0.15) is 5.26 Å². The lowest BCUT2D eigenvalue weighted by Crippen LogP contribution is -2.42. The van der Waals surface area contributed by atoms with Crippen LogP contribution in [0.15, 0.2) is 54.6 Å². The van der Waals surface area contributed by atoms with Crippen LogP contribution in [0.25, 0.3) is 0 Å². The minimum Gasteiger partial charge on any atom is -0.294 e. The van der Waals surface area contributed by atoms with Crippen LogP contribution in [0, 0.1) is 11.3 Å². The van der Waals surface area contributed by atoms with Gasteiger partial charge in [-0.1, -0.05) is 54.6 Å². The number of nitrogens with zero attached hydrogens (tertiary/aromatic N) is 2. The predicted molar refractivity (Wildman–Crippen MR) is 84.8 cm³/mol. The van der Waals surface area contributed by atoms with Crippen LogP contribution in [0.4, 0.5) is 0 Å². The van der Waals surface area contributed by atoms with Gasteiger partial charge < -0.3 is 0 Å². The Morgan fingerprint density at radius 1 is 1.10 bits per heavy atom. The second-order valence-electron chi connectivity index (χ2n) is 5.71. The Hall–Kier alpha value is -2.11. The van der Waals surface area contributed by atoms with Gasteiger partial charge in [-0.05, 0) is 23.6 Å². The normalized spacial score (nSPS) is 21.5. The molecule has 0 N–H and O–H groups in total. The molecule has 0 unspecified atom stereocenters. The Labute approximate surface area is 126 Å². The summed E-state index contributed by atoms with van der Waals surface area (Å²) in [5, 5.41) is 8.88. The number of rotatable bonds is 3. The molecule has 0 spiro atoms. The van der Waals surface area contributed by atoms with E-state index in [1.54, 1.807) is 0 Å². The highest BCUT2D eigenvalue weighted by molar-refractivity contribution is 5.41. The van der Waals surface area contributed by atoms with Crippen molar-refractivity contribution in [3.8, 4) is 6.07 Å². The lowest BCUT2D eigenvalue weighted by atomic mass is 9.79. The zero-order valence-electron chi connectivity index (χ0n) is 12.4. The van der Waals surface area contributed by atoms with Crippen LogP contribution >= 0.6 is 0 Å². The zero-order valence-corrected chi connectivity index (χ0v) is 12.4. The highest BCUT2D eigenvalue weighted by Crippen LogP contribution is 2.37. The summed E-state index contributed by atoms with van der Waals surface area (Å²) < 4.78 is 0. The van der Waals surface area contributed by atoms with Crippen molar-refractivity contribution in [3.05, 3.63) is 71.3 Å². The van der Waals surface area contributed by atoms with Gasteiger partial charge in [-0.15, -0.1) is 0 Å². The zero-order chi connectivity index (χ0) is 14.7. The van der Waals surface area contributed by atoms with Gasteiger partial charge >= 0.3 is 0 Å². The molecule has 2 heteroatoms. The molecule has 21 heavy (non-hydrogen) atoms. The number of hydrogen-bond acceptors (Lipinski definition) is 2. The molecule has 0 saturated carbocycles. The summed E-state index contributed by atoms with van der Waals surface area (Å²) in [7, 11) is 0. The summed E-state index contributed by atoms with van der Waals surface area (Å²) in [6.45, 7) is 4.07. The molecular formula is C19H20N2. The van der Waals surface area contributed by atoms with Gasteiger partial charge in [-0.25, -0.2) is 0 Å². The first-order chi connectivity index (χ1) is 10.3. The maximum atomic E-state index is 8.88. The molecule has 0 aliphatic carbocycles. The van der Waals surface area contributed by atoms with E-state index in [1.165, 1.54) is 16.7 Å². The maximum Gasteiger partial charge on any atom is 0.0635 e. The van der Waals surface area contributed by atoms with Crippen LogP contribution < -0.4 is 0 Å². The summed E-state index contributed by atoms with van der Waals surface area (Å²) in [5.74, 6) is 0.384. The van der Waals surface area contributed by atoms with Crippen LogP contribution in [-0.2, 0) is 6.54 Å². The van der Waals surface area contributed by atoms with Gasteiger partial charge in [0.05, 0.1) is 6.07 Å². The molecule has 3 rings (SSSR count). The molecule has 0 radical (unpaired) electrons. The fourth-order valence-electron chi connectivity index (χ4n) is 3.41. The van der Waals surface area contributed by atoms with E-state index in [9.17, 15) is 0 Å². The fraction of sp³-hybridized carbons (Fsp3) is 0.316. The first kappa shape index (κ1) is 13.9. The summed E-state index contributed by atoms with van der Waals surface area (Å²) in [4.78, 5) is 2.43. The van der Waals surface area contributed by atoms with Crippen molar-refractivity contribution in [2.75, 3.05) is 6.54 Å². The number of hydrogen-bond donors (Lipinski definition) is 0. The predicted octanol–water partition coefficient (Wildman–Crippen LogP) is 3.94. The molecule has 1 aliphatic rings. The van der Waals surface area contributed by atoms with Gasteiger partial charge in [0.1, 0.15) is 0 Å². The van der Waals surface area contributed by atoms with Crippen molar-refractivity contribution in [2.45, 2.75) is 31.8 Å². The first-order valence-electron chi connectivity index (χ1n) is 7.55. The smallest absolute Gasteiger partial charge is 0.0635 e. The third kappa shape index (κ3) is 2.70. The SMILES string of the molecule is C[C@H]1[C@H](c2ccccc2)c2ccccc2CN1CCC#N. The summed E-state index contributed by atoms with van der Waals surface area (Å²) in [6, 6.07) is 22.1. The van der Waals surface area contributed by atoms with Crippen molar-refractivity contribution < 1.29 is 0 Å². The third-order valence-electron chi connectivity index (χ3n) is 4.49. The van der Waals surface area contributed by atoms with E-state index in [4.69, 9.17) is 5.26 Å². The summed E-state index contributed by atoms with van der Waals surface area (Å²) >= 11 is 0. The minimum absolute atomic E-state index is 0.384. The minimum atomic E-state index is 0.384. The Bertz CT molecular complexity index is 642. The van der Waals surface area contributed by atoms with Gasteiger partial charge in [0.15, 0.2) is 0 Å². The van der Waals surface area contributed by atoms with E-state index in [2.05, 4.69) is 72.5 Å². The maximum absolute atomic E-state index is 8.88. The molecule has 0 amide bonds. The third-order valence-corrected chi connectivity index (χ3v) is 4.49. The highest BCUT2D eigenvalue weighted by Gasteiger charge is 2.32. The lowest BCUT2D eigenvalue weighted by molar-refractivity contribution is 0.172. The summed E-state index contributed by atoms with van der Waals surface area (Å²) in [5.41, 5.74) is 4.19. The van der Waals surface area contributed by atoms with E-state index in [0.717, 1.165) is 13.1 Å². The average molecular weight is 276 g/mol. The Morgan fingerprint density at radius 2 is 1.81 bits per heavy atom. The second kappa shape index (κ2) is 6.11. The Morgan fingerprint density at radius 3 is 2.57 bits per heavy atom. The van der Waals surface area contributed by atoms with Crippen molar-refractivity contribution in [3.63, 3.8) is 0 Å². The molecule has 2 aromatic carbocycles. The molecule has 1 heterocycles. The number of nitriles is 1. The molecule has 2 aromatic rings. The first-order valence-corrected chi connectivity index (χ1v) is 7.55. The van der Waals surface area contributed by atoms with Crippen molar-refractivity contribution >= 4 is 0 Å². The van der Waals surface area contributed by atoms with Gasteiger partial charge in [0.2, 0.25) is 0 Å². The van der Waals surface area contributed by atoms with Gasteiger partial charge in [0.25, 0.3) is 0 Å². The van der Waals surface area contributed by atoms with Gasteiger partial charge in [-0.3, -0.25) is 4.90 Å². The average Bonchev–Trinajstić information content (AvgIpc) is 2.54. The standard InChI is InChI=1S/C19H20N2/c1-15-19(16-8-3-2-4-9-16)18-11-6-5-10-17(18)14-21(15)13-7-12-20/h2-6,8-11,15,19H,7,13-14H2,1H3/t15-,19+/m0/s1. The van der Waals surface area contributed by atoms with Crippen LogP contribution in [0.2, 0.25) is 0 Å². The molecule has 106 valence electrons. The summed E-state index contributed by atoms with van der Waals surface area (Å²) in [6.07, 6.45) is 0.591. The van der Waals surface area contributed by atoms with E-state index >= 15 is 0 Å². The molecule has 0 fully saturated rings. The number of fused-ring (bicyclic) bond motifs is 1. The lowest BCUT2D eigenvalue weighted by Gasteiger charge is -2.41. The molecule has 2 nitrogen and oxygen atoms in total. The fourth-order valence-corrected chi connectivity index (χ4v) is 3.41. The van der Waals surface area contributed by atoms with E-state index in [-0.39, 0.29) is 0 Å². The Balaban J connectivity index is 2.01. The molecule has 1 aliphatic heterocycles. The van der Waals surface area contributed by atoms with Crippen LogP contribution in [0.5, 0.6) is 0 Å². The highest BCUT2D eigenvalue weighted by atomic mass is 15.2. The number of benzene rings is 2. The van der Waals surface area contributed by atoms with Crippen LogP contribution in [0.3, 0.4) is 0 Å². The van der Waals surface area contributed by atoms with Crippen LogP contribution in [0.1, 0.15) is 36.0 Å². The topological polar surface area (TPSA) is 27.0 Å². The van der Waals surface area contributed by atoms with Crippen molar-refractivity contribution in [1.82, 2.24) is 4.90 Å². The quantitative estimate of drug-likeness (QED) is 0.849. The van der Waals surface area contributed by atoms with Crippen molar-refractivity contribution in [1.29, 1.82) is 5.26 Å². The van der Waals surface area contributed by atoms with Crippen LogP contribution in [-0.4, -0.2) is 17.5 Å².